The van der Waals surface area contributed by atoms with Gasteiger partial charge in [-0.05, 0) is 13.8 Å². The molecule has 13 heavy (non-hydrogen) atoms. The van der Waals surface area contributed by atoms with Crippen molar-refractivity contribution in [3.8, 4) is 0 Å². The molecule has 0 radical (unpaired) electrons. The maximum Gasteiger partial charge on any atom is 0.341 e. The summed E-state index contributed by atoms with van der Waals surface area (Å²) >= 11 is 0. The first-order chi connectivity index (χ1) is 6.15. The second-order valence-corrected chi connectivity index (χ2v) is 2.36. The molecule has 5 heteroatoms. The average Bonchev–Trinajstić information content (AvgIpc) is 2.04. The van der Waals surface area contributed by atoms with Crippen molar-refractivity contribution in [2.24, 2.45) is 0 Å². The van der Waals surface area contributed by atoms with E-state index in [9.17, 15) is 9.18 Å². The van der Waals surface area contributed by atoms with Gasteiger partial charge in [0.25, 0.3) is 0 Å². The maximum absolute atomic E-state index is 12.4. The van der Waals surface area contributed by atoms with Crippen LogP contribution in [0, 0.1) is 13.0 Å². The lowest BCUT2D eigenvalue weighted by Crippen LogP contribution is -2.09. The van der Waals surface area contributed by atoms with Crippen LogP contribution in [0.4, 0.5) is 4.39 Å². The van der Waals surface area contributed by atoms with E-state index in [0.29, 0.717) is 0 Å². The molecule has 0 aliphatic heterocycles. The Morgan fingerprint density at radius 2 is 2.38 bits per heavy atom. The van der Waals surface area contributed by atoms with Crippen molar-refractivity contribution < 1.29 is 13.9 Å². The van der Waals surface area contributed by atoms with Gasteiger partial charge in [0, 0.05) is 6.20 Å². The number of carbonyl (C=O) groups excluding carboxylic acids is 1. The predicted molar refractivity (Wildman–Crippen MR) is 42.7 cm³/mol. The van der Waals surface area contributed by atoms with Gasteiger partial charge in [0.05, 0.1) is 17.9 Å². The Morgan fingerprint density at radius 3 is 2.92 bits per heavy atom. The zero-order valence-corrected chi connectivity index (χ0v) is 7.37. The van der Waals surface area contributed by atoms with E-state index in [-0.39, 0.29) is 17.9 Å². The van der Waals surface area contributed by atoms with Crippen LogP contribution in [0.15, 0.2) is 6.20 Å². The van der Waals surface area contributed by atoms with Crippen molar-refractivity contribution in [3.05, 3.63) is 23.5 Å². The van der Waals surface area contributed by atoms with Crippen molar-refractivity contribution in [1.82, 2.24) is 9.97 Å². The molecular formula is C8H9FN2O2. The summed E-state index contributed by atoms with van der Waals surface area (Å²) in [6, 6.07) is 0. The van der Waals surface area contributed by atoms with E-state index in [2.05, 4.69) is 9.97 Å². The minimum atomic E-state index is -0.842. The number of rotatable bonds is 2. The molecule has 0 aromatic carbocycles. The van der Waals surface area contributed by atoms with Gasteiger partial charge in [-0.3, -0.25) is 0 Å². The monoisotopic (exact) mass is 184 g/mol. The van der Waals surface area contributed by atoms with E-state index in [1.165, 1.54) is 6.92 Å². The molecule has 0 saturated carbocycles. The van der Waals surface area contributed by atoms with Crippen LogP contribution in [0.25, 0.3) is 0 Å². The quantitative estimate of drug-likeness (QED) is 0.510. The third kappa shape index (κ3) is 2.21. The first-order valence-electron chi connectivity index (χ1n) is 3.81. The molecule has 0 N–H and O–H groups in total. The van der Waals surface area contributed by atoms with Gasteiger partial charge in [-0.2, -0.15) is 4.39 Å². The summed E-state index contributed by atoms with van der Waals surface area (Å²) < 4.78 is 17.1. The number of halogens is 1. The Labute approximate surface area is 74.8 Å². The molecule has 0 fully saturated rings. The molecule has 0 aliphatic rings. The minimum Gasteiger partial charge on any atom is -0.462 e. The molecule has 0 bridgehead atoms. The van der Waals surface area contributed by atoms with Crippen LogP contribution >= 0.6 is 0 Å². The summed E-state index contributed by atoms with van der Waals surface area (Å²) in [7, 11) is 0. The molecule has 0 saturated heterocycles. The zero-order chi connectivity index (χ0) is 9.84. The van der Waals surface area contributed by atoms with E-state index in [1.807, 2.05) is 0 Å². The highest BCUT2D eigenvalue weighted by Crippen LogP contribution is 2.05. The van der Waals surface area contributed by atoms with Crippen LogP contribution in [0.3, 0.4) is 0 Å². The number of esters is 1. The van der Waals surface area contributed by atoms with Crippen LogP contribution in [-0.2, 0) is 4.74 Å². The minimum absolute atomic E-state index is 0.197. The SMILES string of the molecule is CCOC(=O)c1cnc(F)nc1C. The molecule has 0 amide bonds. The lowest BCUT2D eigenvalue weighted by atomic mass is 10.2. The van der Waals surface area contributed by atoms with Gasteiger partial charge < -0.3 is 4.74 Å². The largest absolute Gasteiger partial charge is 0.462 e. The molecule has 1 heterocycles. The summed E-state index contributed by atoms with van der Waals surface area (Å²) in [6.07, 6.45) is 0.279. The Hall–Kier alpha value is -1.52. The lowest BCUT2D eigenvalue weighted by molar-refractivity contribution is 0.0524. The summed E-state index contributed by atoms with van der Waals surface area (Å²) in [4.78, 5) is 17.8. The lowest BCUT2D eigenvalue weighted by Gasteiger charge is -2.02. The van der Waals surface area contributed by atoms with Crippen molar-refractivity contribution >= 4 is 5.97 Å². The molecule has 1 aromatic heterocycles. The molecule has 70 valence electrons. The molecule has 1 rings (SSSR count). The van der Waals surface area contributed by atoms with Crippen molar-refractivity contribution in [2.45, 2.75) is 13.8 Å². The molecular weight excluding hydrogens is 175 g/mol. The summed E-state index contributed by atoms with van der Waals surface area (Å²) in [5.41, 5.74) is 0.481. The number of hydrogen-bond acceptors (Lipinski definition) is 4. The first kappa shape index (κ1) is 9.57. The number of carbonyl (C=O) groups is 1. The molecule has 1 aromatic rings. The van der Waals surface area contributed by atoms with Crippen LogP contribution in [0.5, 0.6) is 0 Å². The fraction of sp³-hybridized carbons (Fsp3) is 0.375. The van der Waals surface area contributed by atoms with Gasteiger partial charge in [-0.1, -0.05) is 0 Å². The third-order valence-electron chi connectivity index (χ3n) is 1.45. The van der Waals surface area contributed by atoms with Gasteiger partial charge >= 0.3 is 12.0 Å². The molecule has 0 aliphatic carbocycles. The molecule has 0 spiro atoms. The van der Waals surface area contributed by atoms with Crippen LogP contribution in [-0.4, -0.2) is 22.5 Å². The van der Waals surface area contributed by atoms with Crippen LogP contribution < -0.4 is 0 Å². The van der Waals surface area contributed by atoms with E-state index in [1.54, 1.807) is 6.92 Å². The van der Waals surface area contributed by atoms with E-state index < -0.39 is 12.0 Å². The zero-order valence-electron chi connectivity index (χ0n) is 7.37. The maximum atomic E-state index is 12.4. The Balaban J connectivity index is 2.95. The second kappa shape index (κ2) is 3.93. The van der Waals surface area contributed by atoms with Crippen molar-refractivity contribution in [2.75, 3.05) is 6.61 Å². The summed E-state index contributed by atoms with van der Waals surface area (Å²) in [5.74, 6) is -0.528. The van der Waals surface area contributed by atoms with Crippen LogP contribution in [0.2, 0.25) is 0 Å². The van der Waals surface area contributed by atoms with Crippen LogP contribution in [0.1, 0.15) is 23.0 Å². The van der Waals surface area contributed by atoms with Crippen molar-refractivity contribution in [1.29, 1.82) is 0 Å². The van der Waals surface area contributed by atoms with Crippen molar-refractivity contribution in [3.63, 3.8) is 0 Å². The Kier molecular flexibility index (Phi) is 2.89. The number of hydrogen-bond donors (Lipinski definition) is 0. The van der Waals surface area contributed by atoms with Gasteiger partial charge in [0.15, 0.2) is 0 Å². The van der Waals surface area contributed by atoms with E-state index in [4.69, 9.17) is 4.74 Å². The van der Waals surface area contributed by atoms with Gasteiger partial charge in [0.1, 0.15) is 0 Å². The van der Waals surface area contributed by atoms with E-state index in [0.717, 1.165) is 6.20 Å². The second-order valence-electron chi connectivity index (χ2n) is 2.36. The summed E-state index contributed by atoms with van der Waals surface area (Å²) in [5, 5.41) is 0. The third-order valence-corrected chi connectivity index (χ3v) is 1.45. The number of aromatic nitrogens is 2. The van der Waals surface area contributed by atoms with Gasteiger partial charge in [-0.25, -0.2) is 14.8 Å². The highest BCUT2D eigenvalue weighted by molar-refractivity contribution is 5.90. The molecule has 0 atom stereocenters. The normalized spacial score (nSPS) is 9.77. The average molecular weight is 184 g/mol. The topological polar surface area (TPSA) is 52.1 Å². The number of nitrogens with zero attached hydrogens (tertiary/aromatic N) is 2. The Morgan fingerprint density at radius 1 is 1.69 bits per heavy atom. The standard InChI is InChI=1S/C8H9FN2O2/c1-3-13-7(12)6-4-10-8(9)11-5(6)2/h4H,3H2,1-2H3. The highest BCUT2D eigenvalue weighted by atomic mass is 19.1. The van der Waals surface area contributed by atoms with Gasteiger partial charge in [0.2, 0.25) is 0 Å². The highest BCUT2D eigenvalue weighted by Gasteiger charge is 2.11. The molecule has 4 nitrogen and oxygen atoms in total. The Bertz CT molecular complexity index is 328. The predicted octanol–water partition coefficient (Wildman–Crippen LogP) is 1.10. The first-order valence-corrected chi connectivity index (χ1v) is 3.81. The van der Waals surface area contributed by atoms with Gasteiger partial charge in [-0.15, -0.1) is 0 Å². The fourth-order valence-corrected chi connectivity index (χ4v) is 0.848. The smallest absolute Gasteiger partial charge is 0.341 e. The number of aryl methyl sites for hydroxylation is 1. The fourth-order valence-electron chi connectivity index (χ4n) is 0.848. The summed E-state index contributed by atoms with van der Waals surface area (Å²) in [6.45, 7) is 3.49. The van der Waals surface area contributed by atoms with E-state index >= 15 is 0 Å². The molecule has 0 unspecified atom stereocenters. The number of ether oxygens (including phenoxy) is 1.